The van der Waals surface area contributed by atoms with Crippen LogP contribution in [-0.4, -0.2) is 37.9 Å². The van der Waals surface area contributed by atoms with E-state index in [1.54, 1.807) is 0 Å². The molecule has 0 rings (SSSR count). The van der Waals surface area contributed by atoms with E-state index in [1.165, 1.54) is 6.92 Å². The molecule has 16 heavy (non-hydrogen) atoms. The molecule has 0 bridgehead atoms. The summed E-state index contributed by atoms with van der Waals surface area (Å²) in [4.78, 5) is 21.9. The molecule has 6 heteroatoms. The fourth-order valence-electron chi connectivity index (χ4n) is 0.963. The molecule has 0 fully saturated rings. The van der Waals surface area contributed by atoms with E-state index < -0.39 is 18.2 Å². The molecular weight excluding hydrogens is 212 g/mol. The van der Waals surface area contributed by atoms with Crippen molar-refractivity contribution < 1.29 is 19.1 Å². The number of carbonyl (C=O) groups is 2. The van der Waals surface area contributed by atoms with Gasteiger partial charge in [-0.25, -0.2) is 9.59 Å². The van der Waals surface area contributed by atoms with Gasteiger partial charge < -0.3 is 15.2 Å². The number of methoxy groups -OCH3 is 1. The lowest BCUT2D eigenvalue weighted by molar-refractivity contribution is -0.141. The van der Waals surface area contributed by atoms with Gasteiger partial charge in [0.15, 0.2) is 0 Å². The number of esters is 1. The highest BCUT2D eigenvalue weighted by atomic mass is 16.7. The second-order valence-corrected chi connectivity index (χ2v) is 3.06. The van der Waals surface area contributed by atoms with Gasteiger partial charge in [-0.2, -0.15) is 0 Å². The minimum Gasteiger partial charge on any atom is -0.437 e. The Morgan fingerprint density at radius 2 is 2.19 bits per heavy atom. The first kappa shape index (κ1) is 14.4. The van der Waals surface area contributed by atoms with Crippen LogP contribution in [0.15, 0.2) is 0 Å². The molecule has 0 aromatic heterocycles. The predicted molar refractivity (Wildman–Crippen MR) is 57.4 cm³/mol. The Balaban J connectivity index is 4.13. The second-order valence-electron chi connectivity index (χ2n) is 3.06. The van der Waals surface area contributed by atoms with Crippen LogP contribution in [-0.2, 0) is 14.3 Å². The molecule has 0 radical (unpaired) electrons. The zero-order valence-electron chi connectivity index (χ0n) is 9.36. The fourth-order valence-corrected chi connectivity index (χ4v) is 0.963. The summed E-state index contributed by atoms with van der Waals surface area (Å²) >= 11 is 0. The summed E-state index contributed by atoms with van der Waals surface area (Å²) in [6.07, 6.45) is 4.71. The molecule has 3 N–H and O–H groups in total. The van der Waals surface area contributed by atoms with Crippen molar-refractivity contribution in [3.05, 3.63) is 0 Å². The van der Waals surface area contributed by atoms with Crippen molar-refractivity contribution in [2.24, 2.45) is 5.73 Å². The molecule has 0 spiro atoms. The molecule has 0 saturated carbocycles. The van der Waals surface area contributed by atoms with Crippen LogP contribution in [0.2, 0.25) is 0 Å². The molecule has 6 nitrogen and oxygen atoms in total. The smallest absolute Gasteiger partial charge is 0.437 e. The molecule has 0 heterocycles. The van der Waals surface area contributed by atoms with E-state index in [0.717, 1.165) is 7.11 Å². The van der Waals surface area contributed by atoms with Crippen LogP contribution >= 0.6 is 0 Å². The molecule has 0 aliphatic carbocycles. The van der Waals surface area contributed by atoms with Crippen LogP contribution in [0.25, 0.3) is 0 Å². The van der Waals surface area contributed by atoms with Crippen LogP contribution in [0.5, 0.6) is 0 Å². The van der Waals surface area contributed by atoms with Crippen molar-refractivity contribution in [1.82, 2.24) is 5.32 Å². The molecule has 0 aliphatic rings. The maximum Gasteiger partial charge on any atom is 0.515 e. The SMILES string of the molecule is C#C[C@H](CCN)N[C@@H](C)C(=O)OC(=O)OC. The van der Waals surface area contributed by atoms with Crippen LogP contribution in [0.1, 0.15) is 13.3 Å². The monoisotopic (exact) mass is 228 g/mol. The quantitative estimate of drug-likeness (QED) is 0.379. The van der Waals surface area contributed by atoms with Crippen LogP contribution in [0.4, 0.5) is 4.79 Å². The van der Waals surface area contributed by atoms with E-state index in [-0.39, 0.29) is 6.04 Å². The molecule has 0 unspecified atom stereocenters. The molecule has 0 amide bonds. The lowest BCUT2D eigenvalue weighted by Crippen LogP contribution is -2.43. The van der Waals surface area contributed by atoms with E-state index >= 15 is 0 Å². The molecular formula is C10H16N2O4. The van der Waals surface area contributed by atoms with Crippen molar-refractivity contribution in [3.63, 3.8) is 0 Å². The Hall–Kier alpha value is -1.58. The highest BCUT2D eigenvalue weighted by molar-refractivity contribution is 5.85. The Morgan fingerprint density at radius 3 is 2.62 bits per heavy atom. The summed E-state index contributed by atoms with van der Waals surface area (Å²) in [6.45, 7) is 1.94. The van der Waals surface area contributed by atoms with Crippen LogP contribution < -0.4 is 11.1 Å². The second kappa shape index (κ2) is 7.68. The van der Waals surface area contributed by atoms with Gasteiger partial charge in [-0.15, -0.1) is 6.42 Å². The minimum absolute atomic E-state index is 0.329. The first-order chi connectivity index (χ1) is 7.54. The summed E-state index contributed by atoms with van der Waals surface area (Å²) in [5.74, 6) is 1.69. The van der Waals surface area contributed by atoms with Gasteiger partial charge in [0.1, 0.15) is 6.04 Å². The van der Waals surface area contributed by atoms with Crippen LogP contribution in [0, 0.1) is 12.3 Å². The van der Waals surface area contributed by atoms with E-state index in [9.17, 15) is 9.59 Å². The van der Waals surface area contributed by atoms with Crippen molar-refractivity contribution >= 4 is 12.1 Å². The molecule has 0 saturated heterocycles. The Morgan fingerprint density at radius 1 is 1.56 bits per heavy atom. The standard InChI is InChI=1S/C10H16N2O4/c1-4-8(5-6-11)12-7(2)9(13)16-10(14)15-3/h1,7-8,12H,5-6,11H2,2-3H3/t7-,8+/m0/s1. The van der Waals surface area contributed by atoms with Gasteiger partial charge in [0, 0.05) is 0 Å². The number of nitrogens with one attached hydrogen (secondary N) is 1. The lowest BCUT2D eigenvalue weighted by atomic mass is 10.2. The first-order valence-electron chi connectivity index (χ1n) is 4.77. The van der Waals surface area contributed by atoms with Gasteiger partial charge in [-0.05, 0) is 19.9 Å². The predicted octanol–water partition coefficient (Wildman–Crippen LogP) is -0.375. The maximum absolute atomic E-state index is 11.3. The highest BCUT2D eigenvalue weighted by Gasteiger charge is 2.20. The Labute approximate surface area is 94.5 Å². The first-order valence-corrected chi connectivity index (χ1v) is 4.77. The van der Waals surface area contributed by atoms with Gasteiger partial charge >= 0.3 is 12.1 Å². The largest absolute Gasteiger partial charge is 0.515 e. The van der Waals surface area contributed by atoms with Crippen molar-refractivity contribution in [2.75, 3.05) is 13.7 Å². The van der Waals surface area contributed by atoms with Crippen molar-refractivity contribution in [1.29, 1.82) is 0 Å². The molecule has 2 atom stereocenters. The van der Waals surface area contributed by atoms with E-state index in [1.807, 2.05) is 0 Å². The summed E-state index contributed by atoms with van der Waals surface area (Å²) in [5.41, 5.74) is 5.33. The third kappa shape index (κ3) is 5.34. The van der Waals surface area contributed by atoms with E-state index in [0.29, 0.717) is 13.0 Å². The Bertz CT molecular complexity index is 285. The normalized spacial score (nSPS) is 13.4. The van der Waals surface area contributed by atoms with Gasteiger partial charge in [0.2, 0.25) is 0 Å². The number of hydrogen-bond donors (Lipinski definition) is 2. The van der Waals surface area contributed by atoms with E-state index in [2.05, 4.69) is 20.7 Å². The van der Waals surface area contributed by atoms with E-state index in [4.69, 9.17) is 12.2 Å². The number of terminal acetylenes is 1. The van der Waals surface area contributed by atoms with Crippen molar-refractivity contribution in [2.45, 2.75) is 25.4 Å². The molecule has 90 valence electrons. The molecule has 0 aliphatic heterocycles. The average Bonchev–Trinajstić information content (AvgIpc) is 2.27. The van der Waals surface area contributed by atoms with Gasteiger partial charge in [0.25, 0.3) is 0 Å². The molecule has 0 aromatic carbocycles. The summed E-state index contributed by atoms with van der Waals surface area (Å²) in [5, 5.41) is 2.80. The topological polar surface area (TPSA) is 90.6 Å². The third-order valence-electron chi connectivity index (χ3n) is 1.81. The maximum atomic E-state index is 11.3. The van der Waals surface area contributed by atoms with Gasteiger partial charge in [-0.3, -0.25) is 5.32 Å². The fraction of sp³-hybridized carbons (Fsp3) is 0.600. The number of carbonyl (C=O) groups excluding carboxylic acids is 2. The van der Waals surface area contributed by atoms with Gasteiger partial charge in [0.05, 0.1) is 13.2 Å². The summed E-state index contributed by atoms with van der Waals surface area (Å²) in [7, 11) is 1.12. The average molecular weight is 228 g/mol. The Kier molecular flexibility index (Phi) is 6.92. The zero-order chi connectivity index (χ0) is 12.6. The number of ether oxygens (including phenoxy) is 2. The molecule has 0 aromatic rings. The minimum atomic E-state index is -1.05. The highest BCUT2D eigenvalue weighted by Crippen LogP contribution is 1.95. The number of hydrogen-bond acceptors (Lipinski definition) is 6. The third-order valence-corrected chi connectivity index (χ3v) is 1.81. The van der Waals surface area contributed by atoms with Crippen molar-refractivity contribution in [3.8, 4) is 12.3 Å². The zero-order valence-corrected chi connectivity index (χ0v) is 9.36. The summed E-state index contributed by atoms with van der Waals surface area (Å²) < 4.78 is 8.50. The summed E-state index contributed by atoms with van der Waals surface area (Å²) in [6, 6.07) is -1.03. The van der Waals surface area contributed by atoms with Gasteiger partial charge in [-0.1, -0.05) is 5.92 Å². The lowest BCUT2D eigenvalue weighted by Gasteiger charge is -2.16. The number of rotatable bonds is 5. The van der Waals surface area contributed by atoms with Crippen LogP contribution in [0.3, 0.4) is 0 Å². The number of nitrogens with two attached hydrogens (primary N) is 1.